The first-order chi connectivity index (χ1) is 13.6. The minimum atomic E-state index is 0.202. The molecule has 3 heterocycles. The summed E-state index contributed by atoms with van der Waals surface area (Å²) in [7, 11) is 1.99. The van der Waals surface area contributed by atoms with Crippen molar-refractivity contribution in [2.75, 3.05) is 18.0 Å². The van der Waals surface area contributed by atoms with Gasteiger partial charge in [0.2, 0.25) is 0 Å². The molecule has 0 radical (unpaired) electrons. The number of rotatable bonds is 5. The first-order valence-electron chi connectivity index (χ1n) is 9.85. The molecule has 0 aliphatic carbocycles. The van der Waals surface area contributed by atoms with E-state index in [1.165, 1.54) is 5.69 Å². The van der Waals surface area contributed by atoms with Gasteiger partial charge in [-0.1, -0.05) is 12.1 Å². The van der Waals surface area contributed by atoms with E-state index in [1.807, 2.05) is 30.8 Å². The normalized spacial score (nSPS) is 16.3. The average Bonchev–Trinajstić information content (AvgIpc) is 3.15. The molecule has 1 atom stereocenters. The van der Waals surface area contributed by atoms with Crippen LogP contribution in [0.3, 0.4) is 0 Å². The van der Waals surface area contributed by atoms with Crippen LogP contribution in [-0.4, -0.2) is 43.9 Å². The minimum Gasteiger partial charge on any atom is -0.371 e. The van der Waals surface area contributed by atoms with Crippen molar-refractivity contribution in [3.8, 4) is 11.3 Å². The Balaban J connectivity index is 1.39. The van der Waals surface area contributed by atoms with E-state index in [4.69, 9.17) is 0 Å². The van der Waals surface area contributed by atoms with Crippen LogP contribution in [0.5, 0.6) is 0 Å². The molecule has 3 aromatic rings. The molecule has 0 spiro atoms. The van der Waals surface area contributed by atoms with E-state index < -0.39 is 0 Å². The number of piperidine rings is 1. The van der Waals surface area contributed by atoms with Crippen LogP contribution in [0, 0.1) is 6.92 Å². The van der Waals surface area contributed by atoms with Crippen molar-refractivity contribution in [1.82, 2.24) is 30.0 Å². The summed E-state index contributed by atoms with van der Waals surface area (Å²) in [6.45, 7) is 6.15. The zero-order valence-corrected chi connectivity index (χ0v) is 16.7. The van der Waals surface area contributed by atoms with Crippen molar-refractivity contribution in [2.24, 2.45) is 7.05 Å². The third-order valence-electron chi connectivity index (χ3n) is 5.40. The molecule has 2 aromatic heterocycles. The molecule has 146 valence electrons. The highest BCUT2D eigenvalue weighted by atomic mass is 15.3. The molecule has 1 N–H and O–H groups in total. The second kappa shape index (κ2) is 8.06. The molecule has 1 aromatic carbocycles. The molecule has 1 aliphatic rings. The fraction of sp³-hybridized carbons (Fsp3) is 0.429. The Morgan fingerprint density at radius 3 is 2.71 bits per heavy atom. The standard InChI is InChI=1S/C21H27N7/c1-15(21-26-23-14-27(21)3)24-18-8-11-28(12-9-18)19-6-4-5-17(13-19)20-7-10-22-16(2)25-20/h4-7,10,13-15,18,24H,8-9,11-12H2,1-3H3/t15-/m1/s1. The Labute approximate surface area is 165 Å². The number of nitrogens with zero attached hydrogens (tertiary/aromatic N) is 6. The Kier molecular flexibility index (Phi) is 5.34. The highest BCUT2D eigenvalue weighted by Gasteiger charge is 2.22. The van der Waals surface area contributed by atoms with Gasteiger partial charge >= 0.3 is 0 Å². The maximum atomic E-state index is 4.55. The van der Waals surface area contributed by atoms with E-state index in [1.54, 1.807) is 6.33 Å². The SMILES string of the molecule is Cc1nccc(-c2cccc(N3CCC(N[C@H](C)c4nncn4C)CC3)c2)n1. The van der Waals surface area contributed by atoms with Gasteiger partial charge < -0.3 is 14.8 Å². The lowest BCUT2D eigenvalue weighted by atomic mass is 10.0. The fourth-order valence-corrected chi connectivity index (χ4v) is 3.90. The van der Waals surface area contributed by atoms with Crippen LogP contribution < -0.4 is 10.2 Å². The highest BCUT2D eigenvalue weighted by molar-refractivity contribution is 5.65. The van der Waals surface area contributed by atoms with Crippen LogP contribution in [0.4, 0.5) is 5.69 Å². The number of benzene rings is 1. The molecule has 1 saturated heterocycles. The molecule has 0 unspecified atom stereocenters. The maximum absolute atomic E-state index is 4.55. The third kappa shape index (κ3) is 4.04. The zero-order valence-electron chi connectivity index (χ0n) is 16.7. The number of hydrogen-bond donors (Lipinski definition) is 1. The molecule has 28 heavy (non-hydrogen) atoms. The number of nitrogens with one attached hydrogen (secondary N) is 1. The van der Waals surface area contributed by atoms with Gasteiger partial charge in [-0.2, -0.15) is 0 Å². The molecule has 7 heteroatoms. The first-order valence-corrected chi connectivity index (χ1v) is 9.85. The molecule has 0 amide bonds. The summed E-state index contributed by atoms with van der Waals surface area (Å²) in [4.78, 5) is 11.2. The summed E-state index contributed by atoms with van der Waals surface area (Å²) in [6.07, 6.45) is 5.79. The third-order valence-corrected chi connectivity index (χ3v) is 5.40. The van der Waals surface area contributed by atoms with Crippen molar-refractivity contribution in [3.63, 3.8) is 0 Å². The van der Waals surface area contributed by atoms with Gasteiger partial charge in [-0.15, -0.1) is 10.2 Å². The summed E-state index contributed by atoms with van der Waals surface area (Å²) in [5.74, 6) is 1.78. The van der Waals surface area contributed by atoms with Crippen molar-refractivity contribution in [1.29, 1.82) is 0 Å². The van der Waals surface area contributed by atoms with Gasteiger partial charge in [-0.25, -0.2) is 9.97 Å². The molecule has 0 saturated carbocycles. The Hall–Kier alpha value is -2.80. The predicted molar refractivity (Wildman–Crippen MR) is 110 cm³/mol. The number of aryl methyl sites for hydroxylation is 2. The van der Waals surface area contributed by atoms with Crippen LogP contribution in [0.15, 0.2) is 42.9 Å². The molecule has 1 fully saturated rings. The monoisotopic (exact) mass is 377 g/mol. The second-order valence-electron chi connectivity index (χ2n) is 7.49. The van der Waals surface area contributed by atoms with Crippen LogP contribution in [0.1, 0.15) is 37.5 Å². The topological polar surface area (TPSA) is 71.8 Å². The highest BCUT2D eigenvalue weighted by Crippen LogP contribution is 2.26. The summed E-state index contributed by atoms with van der Waals surface area (Å²) in [6, 6.07) is 11.3. The summed E-state index contributed by atoms with van der Waals surface area (Å²) in [5.41, 5.74) is 3.37. The summed E-state index contributed by atoms with van der Waals surface area (Å²) >= 11 is 0. The van der Waals surface area contributed by atoms with Crippen LogP contribution in [0.25, 0.3) is 11.3 Å². The van der Waals surface area contributed by atoms with E-state index in [0.717, 1.165) is 48.8 Å². The molecular weight excluding hydrogens is 350 g/mol. The van der Waals surface area contributed by atoms with Crippen molar-refractivity contribution in [2.45, 2.75) is 38.8 Å². The van der Waals surface area contributed by atoms with Gasteiger partial charge in [0, 0.05) is 43.6 Å². The quantitative estimate of drug-likeness (QED) is 0.737. The minimum absolute atomic E-state index is 0.202. The van der Waals surface area contributed by atoms with E-state index in [9.17, 15) is 0 Å². The number of aromatic nitrogens is 5. The van der Waals surface area contributed by atoms with Crippen molar-refractivity contribution in [3.05, 3.63) is 54.5 Å². The fourth-order valence-electron chi connectivity index (χ4n) is 3.90. The second-order valence-corrected chi connectivity index (χ2v) is 7.49. The number of anilines is 1. The zero-order chi connectivity index (χ0) is 19.5. The summed E-state index contributed by atoms with van der Waals surface area (Å²) < 4.78 is 1.98. The van der Waals surface area contributed by atoms with Gasteiger partial charge in [-0.05, 0) is 44.9 Å². The number of hydrogen-bond acceptors (Lipinski definition) is 6. The predicted octanol–water partition coefficient (Wildman–Crippen LogP) is 2.90. The Morgan fingerprint density at radius 1 is 1.18 bits per heavy atom. The maximum Gasteiger partial charge on any atom is 0.149 e. The van der Waals surface area contributed by atoms with Gasteiger partial charge in [0.05, 0.1) is 11.7 Å². The van der Waals surface area contributed by atoms with Crippen molar-refractivity contribution < 1.29 is 0 Å². The van der Waals surface area contributed by atoms with E-state index in [2.05, 4.69) is 61.6 Å². The molecule has 1 aliphatic heterocycles. The Bertz CT molecular complexity index is 928. The largest absolute Gasteiger partial charge is 0.371 e. The van der Waals surface area contributed by atoms with E-state index in [0.29, 0.717) is 6.04 Å². The summed E-state index contributed by atoms with van der Waals surface area (Å²) in [5, 5.41) is 11.9. The molecule has 7 nitrogen and oxygen atoms in total. The Morgan fingerprint density at radius 2 is 2.00 bits per heavy atom. The van der Waals surface area contributed by atoms with Crippen molar-refractivity contribution >= 4 is 5.69 Å². The smallest absolute Gasteiger partial charge is 0.149 e. The lowest BCUT2D eigenvalue weighted by Gasteiger charge is -2.35. The lowest BCUT2D eigenvalue weighted by Crippen LogP contribution is -2.43. The van der Waals surface area contributed by atoms with Crippen LogP contribution in [0.2, 0.25) is 0 Å². The average molecular weight is 377 g/mol. The van der Waals surface area contributed by atoms with Gasteiger partial charge in [-0.3, -0.25) is 0 Å². The van der Waals surface area contributed by atoms with E-state index in [-0.39, 0.29) is 6.04 Å². The van der Waals surface area contributed by atoms with Crippen LogP contribution >= 0.6 is 0 Å². The molecular formula is C21H27N7. The van der Waals surface area contributed by atoms with Gasteiger partial charge in [0.25, 0.3) is 0 Å². The van der Waals surface area contributed by atoms with Gasteiger partial charge in [0.15, 0.2) is 0 Å². The van der Waals surface area contributed by atoms with Gasteiger partial charge in [0.1, 0.15) is 18.0 Å². The van der Waals surface area contributed by atoms with E-state index >= 15 is 0 Å². The van der Waals surface area contributed by atoms with Crippen LogP contribution in [-0.2, 0) is 7.05 Å². The lowest BCUT2D eigenvalue weighted by molar-refractivity contribution is 0.370. The first kappa shape index (κ1) is 18.6. The molecule has 0 bridgehead atoms. The molecule has 4 rings (SSSR count).